The first kappa shape index (κ1) is 24.0. The van der Waals surface area contributed by atoms with Crippen LogP contribution in [-0.2, 0) is 17.7 Å². The summed E-state index contributed by atoms with van der Waals surface area (Å²) in [6.45, 7) is 8.07. The lowest BCUT2D eigenvalue weighted by Gasteiger charge is -2.24. The molecule has 0 aliphatic carbocycles. The van der Waals surface area contributed by atoms with E-state index in [9.17, 15) is 14.8 Å². The van der Waals surface area contributed by atoms with Crippen LogP contribution < -0.4 is 10.2 Å². The average Bonchev–Trinajstić information content (AvgIpc) is 2.70. The summed E-state index contributed by atoms with van der Waals surface area (Å²) in [5.41, 5.74) is 2.35. The maximum absolute atomic E-state index is 12.8. The fourth-order valence-electron chi connectivity index (χ4n) is 2.90. The Hall–Kier alpha value is -2.29. The van der Waals surface area contributed by atoms with Gasteiger partial charge in [-0.25, -0.2) is 4.79 Å². The molecule has 0 saturated heterocycles. The van der Waals surface area contributed by atoms with Crippen LogP contribution in [0.4, 0.5) is 4.79 Å². The lowest BCUT2D eigenvalue weighted by atomic mass is 9.79. The third-order valence-electron chi connectivity index (χ3n) is 4.79. The van der Waals surface area contributed by atoms with Crippen LogP contribution in [-0.4, -0.2) is 56.5 Å². The number of amides is 1. The molecule has 8 heteroatoms. The number of ether oxygens (including phenoxy) is 2. The minimum atomic E-state index is -1.51. The first-order chi connectivity index (χ1) is 14.2. The van der Waals surface area contributed by atoms with Gasteiger partial charge in [-0.1, -0.05) is 56.0 Å². The fraction of sp³-hybridized carbons (Fsp3) is 0.409. The number of rotatable bonds is 10. The largest absolute Gasteiger partial charge is 0.497 e. The molecule has 0 spiro atoms. The van der Waals surface area contributed by atoms with E-state index in [1.54, 1.807) is 30.2 Å². The van der Waals surface area contributed by atoms with Crippen molar-refractivity contribution < 1.29 is 24.3 Å². The molecule has 2 N–H and O–H groups in total. The molecule has 1 amide bonds. The first-order valence-corrected chi connectivity index (χ1v) is 13.9. The zero-order chi connectivity index (χ0) is 22.1. The molecular formula is C22H32BNO5Si. The van der Waals surface area contributed by atoms with Crippen LogP contribution in [0.5, 0.6) is 5.75 Å². The molecule has 0 unspecified atom stereocenters. The van der Waals surface area contributed by atoms with Crippen molar-refractivity contribution in [1.29, 1.82) is 0 Å². The maximum Gasteiger partial charge on any atom is 0.488 e. The van der Waals surface area contributed by atoms with Gasteiger partial charge < -0.3 is 24.4 Å². The average molecular weight is 429 g/mol. The Balaban J connectivity index is 2.07. The maximum atomic E-state index is 12.8. The Morgan fingerprint density at radius 2 is 1.77 bits per heavy atom. The van der Waals surface area contributed by atoms with Crippen LogP contribution in [0.25, 0.3) is 0 Å². The van der Waals surface area contributed by atoms with Crippen molar-refractivity contribution in [1.82, 2.24) is 4.90 Å². The van der Waals surface area contributed by atoms with Gasteiger partial charge in [-0.2, -0.15) is 0 Å². The van der Waals surface area contributed by atoms with Crippen LogP contribution in [0.3, 0.4) is 0 Å². The molecular weight excluding hydrogens is 397 g/mol. The van der Waals surface area contributed by atoms with Crippen molar-refractivity contribution in [2.45, 2.75) is 38.7 Å². The Morgan fingerprint density at radius 1 is 1.07 bits per heavy atom. The number of carbonyl (C=O) groups is 1. The van der Waals surface area contributed by atoms with Crippen LogP contribution in [0.2, 0.25) is 25.7 Å². The number of hydrogen-bond acceptors (Lipinski definition) is 5. The minimum Gasteiger partial charge on any atom is -0.497 e. The zero-order valence-corrected chi connectivity index (χ0v) is 19.3. The fourth-order valence-corrected chi connectivity index (χ4v) is 3.61. The normalized spacial score (nSPS) is 11.1. The van der Waals surface area contributed by atoms with Gasteiger partial charge in [0.15, 0.2) is 0 Å². The van der Waals surface area contributed by atoms with Gasteiger partial charge in [0, 0.05) is 21.2 Å². The lowest BCUT2D eigenvalue weighted by molar-refractivity contribution is 0.105. The molecule has 0 atom stereocenters. The topological polar surface area (TPSA) is 79.2 Å². The Labute approximate surface area is 180 Å². The molecule has 0 aromatic heterocycles. The molecule has 0 bridgehead atoms. The summed E-state index contributed by atoms with van der Waals surface area (Å²) >= 11 is 0. The van der Waals surface area contributed by atoms with E-state index < -0.39 is 15.2 Å². The van der Waals surface area contributed by atoms with Crippen LogP contribution >= 0.6 is 0 Å². The van der Waals surface area contributed by atoms with Gasteiger partial charge >= 0.3 is 13.2 Å². The van der Waals surface area contributed by atoms with E-state index in [1.807, 2.05) is 30.3 Å². The minimum absolute atomic E-state index is 0.331. The second-order valence-corrected chi connectivity index (χ2v) is 14.2. The number of methoxy groups -OCH3 is 1. The standard InChI is InChI=1S/C22H32BNO5Si/c1-28-21-10-8-19(9-11-21)17-24(22(25)29-14-15-30(2,3)4)13-12-18-6-5-7-20(16-18)23(26)27/h5-11,16,26-27H,12-15,17H2,1-4H3. The van der Waals surface area contributed by atoms with Gasteiger partial charge in [0.1, 0.15) is 5.75 Å². The molecule has 162 valence electrons. The summed E-state index contributed by atoms with van der Waals surface area (Å²) in [5.74, 6) is 0.766. The quantitative estimate of drug-likeness (QED) is 0.568. The van der Waals surface area contributed by atoms with E-state index in [2.05, 4.69) is 19.6 Å². The lowest BCUT2D eigenvalue weighted by Crippen LogP contribution is -2.34. The molecule has 2 aromatic rings. The van der Waals surface area contributed by atoms with Crippen LogP contribution in [0.15, 0.2) is 48.5 Å². The van der Waals surface area contributed by atoms with Gasteiger partial charge in [-0.05, 0) is 41.2 Å². The third-order valence-corrected chi connectivity index (χ3v) is 6.49. The summed E-state index contributed by atoms with van der Waals surface area (Å²) in [6, 6.07) is 15.6. The van der Waals surface area contributed by atoms with Crippen molar-refractivity contribution in [3.8, 4) is 5.75 Å². The Bertz CT molecular complexity index is 808. The SMILES string of the molecule is COc1ccc(CN(CCc2cccc(B(O)O)c2)C(=O)OCC[Si](C)(C)C)cc1. The zero-order valence-electron chi connectivity index (χ0n) is 18.3. The number of carbonyl (C=O) groups excluding carboxylic acids is 1. The van der Waals surface area contributed by atoms with Crippen molar-refractivity contribution in [2.75, 3.05) is 20.3 Å². The molecule has 0 heterocycles. The van der Waals surface area contributed by atoms with E-state index in [1.165, 1.54) is 0 Å². The second-order valence-electron chi connectivity index (χ2n) is 8.56. The van der Waals surface area contributed by atoms with E-state index in [4.69, 9.17) is 9.47 Å². The monoisotopic (exact) mass is 429 g/mol. The van der Waals surface area contributed by atoms with Gasteiger partial charge in [0.2, 0.25) is 0 Å². The van der Waals surface area contributed by atoms with Crippen molar-refractivity contribution in [2.24, 2.45) is 0 Å². The summed E-state index contributed by atoms with van der Waals surface area (Å²) in [4.78, 5) is 14.5. The number of nitrogens with zero attached hydrogens (tertiary/aromatic N) is 1. The molecule has 0 saturated carbocycles. The molecule has 2 aromatic carbocycles. The third kappa shape index (κ3) is 8.22. The summed E-state index contributed by atoms with van der Waals surface area (Å²) < 4.78 is 10.8. The number of benzene rings is 2. The van der Waals surface area contributed by atoms with E-state index >= 15 is 0 Å². The smallest absolute Gasteiger partial charge is 0.488 e. The molecule has 2 rings (SSSR count). The van der Waals surface area contributed by atoms with E-state index in [0.29, 0.717) is 31.6 Å². The highest BCUT2D eigenvalue weighted by Gasteiger charge is 2.19. The molecule has 0 radical (unpaired) electrons. The van der Waals surface area contributed by atoms with Gasteiger partial charge in [-0.15, -0.1) is 0 Å². The molecule has 30 heavy (non-hydrogen) atoms. The highest BCUT2D eigenvalue weighted by atomic mass is 28.3. The van der Waals surface area contributed by atoms with Crippen molar-refractivity contribution >= 4 is 26.7 Å². The highest BCUT2D eigenvalue weighted by molar-refractivity contribution is 6.76. The molecule has 6 nitrogen and oxygen atoms in total. The predicted octanol–water partition coefficient (Wildman–Crippen LogP) is 2.89. The molecule has 0 aliphatic heterocycles. The van der Waals surface area contributed by atoms with Crippen LogP contribution in [0, 0.1) is 0 Å². The highest BCUT2D eigenvalue weighted by Crippen LogP contribution is 2.15. The molecule has 0 aliphatic rings. The van der Waals surface area contributed by atoms with Gasteiger partial charge in [0.05, 0.1) is 13.7 Å². The number of hydrogen-bond donors (Lipinski definition) is 2. The van der Waals surface area contributed by atoms with E-state index in [0.717, 1.165) is 22.9 Å². The van der Waals surface area contributed by atoms with Gasteiger partial charge in [-0.3, -0.25) is 0 Å². The van der Waals surface area contributed by atoms with Crippen LogP contribution in [0.1, 0.15) is 11.1 Å². The second kappa shape index (κ2) is 11.2. The van der Waals surface area contributed by atoms with Crippen molar-refractivity contribution in [3.05, 3.63) is 59.7 Å². The summed E-state index contributed by atoms with van der Waals surface area (Å²) in [6.07, 6.45) is 0.252. The Kier molecular flexibility index (Phi) is 8.95. The van der Waals surface area contributed by atoms with Crippen molar-refractivity contribution in [3.63, 3.8) is 0 Å². The summed E-state index contributed by atoms with van der Waals surface area (Å²) in [7, 11) is -1.18. The Morgan fingerprint density at radius 3 is 2.37 bits per heavy atom. The summed E-state index contributed by atoms with van der Waals surface area (Å²) in [5, 5.41) is 18.8. The molecule has 0 fully saturated rings. The first-order valence-electron chi connectivity index (χ1n) is 10.2. The van der Waals surface area contributed by atoms with Gasteiger partial charge in [0.25, 0.3) is 0 Å². The predicted molar refractivity (Wildman–Crippen MR) is 123 cm³/mol. The van der Waals surface area contributed by atoms with E-state index in [-0.39, 0.29) is 6.09 Å².